The Hall–Kier alpha value is -2.07. The summed E-state index contributed by atoms with van der Waals surface area (Å²) in [6, 6.07) is 0.0489. The highest BCUT2D eigenvalue weighted by Crippen LogP contribution is 2.26. The minimum absolute atomic E-state index is 0.00605. The van der Waals surface area contributed by atoms with Gasteiger partial charge in [-0.3, -0.25) is 4.79 Å². The van der Waals surface area contributed by atoms with Gasteiger partial charge in [-0.2, -0.15) is 13.8 Å². The van der Waals surface area contributed by atoms with E-state index in [0.29, 0.717) is 43.9 Å². The molecule has 2 saturated carbocycles. The zero-order valence-corrected chi connectivity index (χ0v) is 15.6. The molecule has 1 amide bonds. The highest BCUT2D eigenvalue weighted by Gasteiger charge is 2.26. The Morgan fingerprint density at radius 3 is 2.57 bits per heavy atom. The standard InChI is InChI=1S/C18H27F2N5O3/c19-17(20)28-13-6-4-10(5-7-13)24-18-22-9-14(15(21)27)16(25-18)23-11-2-1-3-12(26)8-11/h9-13,17,26H,1-8H2,(H2,21,27)(H2,22,23,24,25)/t10?,11-,12-,13?/m1/s1. The van der Waals surface area contributed by atoms with Crippen LogP contribution in [0.15, 0.2) is 6.20 Å². The number of anilines is 2. The third-order valence-corrected chi connectivity index (χ3v) is 5.34. The van der Waals surface area contributed by atoms with Crippen molar-refractivity contribution in [1.82, 2.24) is 9.97 Å². The quantitative estimate of drug-likeness (QED) is 0.555. The molecule has 3 rings (SSSR count). The Bertz CT molecular complexity index is 671. The van der Waals surface area contributed by atoms with E-state index in [4.69, 9.17) is 5.73 Å². The summed E-state index contributed by atoms with van der Waals surface area (Å²) >= 11 is 0. The molecule has 156 valence electrons. The molecule has 28 heavy (non-hydrogen) atoms. The smallest absolute Gasteiger partial charge is 0.345 e. The van der Waals surface area contributed by atoms with Crippen LogP contribution in [0.4, 0.5) is 20.5 Å². The molecule has 0 radical (unpaired) electrons. The van der Waals surface area contributed by atoms with E-state index < -0.39 is 18.6 Å². The van der Waals surface area contributed by atoms with Gasteiger partial charge in [0.05, 0.1) is 17.8 Å². The third kappa shape index (κ3) is 5.71. The number of carbonyl (C=O) groups is 1. The van der Waals surface area contributed by atoms with Crippen LogP contribution in [0.2, 0.25) is 0 Å². The molecular weight excluding hydrogens is 372 g/mol. The van der Waals surface area contributed by atoms with Crippen LogP contribution >= 0.6 is 0 Å². The van der Waals surface area contributed by atoms with Crippen molar-refractivity contribution < 1.29 is 23.4 Å². The second-order valence-corrected chi connectivity index (χ2v) is 7.50. The first-order chi connectivity index (χ1) is 13.4. The van der Waals surface area contributed by atoms with Gasteiger partial charge < -0.3 is 26.2 Å². The van der Waals surface area contributed by atoms with Crippen LogP contribution in [0.3, 0.4) is 0 Å². The van der Waals surface area contributed by atoms with Crippen LogP contribution in [0.25, 0.3) is 0 Å². The Balaban J connectivity index is 1.63. The molecule has 0 unspecified atom stereocenters. The number of nitrogens with two attached hydrogens (primary N) is 1. The average Bonchev–Trinajstić information content (AvgIpc) is 2.63. The number of carbonyl (C=O) groups excluding carboxylic acids is 1. The molecule has 2 atom stereocenters. The minimum atomic E-state index is -2.74. The largest absolute Gasteiger partial charge is 0.393 e. The molecule has 0 bridgehead atoms. The number of rotatable bonds is 7. The van der Waals surface area contributed by atoms with Gasteiger partial charge in [0.1, 0.15) is 5.82 Å². The fourth-order valence-electron chi connectivity index (χ4n) is 3.90. The predicted molar refractivity (Wildman–Crippen MR) is 99.2 cm³/mol. The van der Waals surface area contributed by atoms with Gasteiger partial charge in [0, 0.05) is 18.3 Å². The van der Waals surface area contributed by atoms with Gasteiger partial charge in [-0.1, -0.05) is 0 Å². The van der Waals surface area contributed by atoms with E-state index in [-0.39, 0.29) is 23.8 Å². The van der Waals surface area contributed by atoms with Gasteiger partial charge in [0.15, 0.2) is 0 Å². The van der Waals surface area contributed by atoms with E-state index in [1.807, 2.05) is 0 Å². The molecule has 1 heterocycles. The number of halogens is 2. The Labute approximate surface area is 162 Å². The highest BCUT2D eigenvalue weighted by molar-refractivity contribution is 5.97. The molecule has 2 aliphatic rings. The number of amides is 1. The van der Waals surface area contributed by atoms with Crippen molar-refractivity contribution in [3.05, 3.63) is 11.8 Å². The summed E-state index contributed by atoms with van der Waals surface area (Å²) in [5, 5.41) is 16.3. The highest BCUT2D eigenvalue weighted by atomic mass is 19.3. The number of aliphatic hydroxyl groups is 1. The SMILES string of the molecule is NC(=O)c1cnc(NC2CCC(OC(F)F)CC2)nc1N[C@@H]1CCC[C@@H](O)C1. The first-order valence-corrected chi connectivity index (χ1v) is 9.72. The topological polar surface area (TPSA) is 122 Å². The van der Waals surface area contributed by atoms with Crippen LogP contribution in [0.5, 0.6) is 0 Å². The number of ether oxygens (including phenoxy) is 1. The maximum atomic E-state index is 12.3. The summed E-state index contributed by atoms with van der Waals surface area (Å²) in [6.07, 6.45) is 6.10. The van der Waals surface area contributed by atoms with E-state index in [1.165, 1.54) is 6.20 Å². The lowest BCUT2D eigenvalue weighted by Gasteiger charge is -2.29. The van der Waals surface area contributed by atoms with E-state index in [1.54, 1.807) is 0 Å². The van der Waals surface area contributed by atoms with Crippen molar-refractivity contribution in [3.8, 4) is 0 Å². The first-order valence-electron chi connectivity index (χ1n) is 9.72. The summed E-state index contributed by atoms with van der Waals surface area (Å²) in [5.74, 6) is 0.0657. The summed E-state index contributed by atoms with van der Waals surface area (Å²) in [6.45, 7) is -2.74. The molecule has 1 aromatic heterocycles. The summed E-state index contributed by atoms with van der Waals surface area (Å²) in [7, 11) is 0. The van der Waals surface area contributed by atoms with E-state index in [9.17, 15) is 18.7 Å². The van der Waals surface area contributed by atoms with Crippen LogP contribution in [0, 0.1) is 0 Å². The number of nitrogens with zero attached hydrogens (tertiary/aromatic N) is 2. The van der Waals surface area contributed by atoms with Crippen LogP contribution in [-0.4, -0.2) is 51.9 Å². The Morgan fingerprint density at radius 1 is 1.18 bits per heavy atom. The lowest BCUT2D eigenvalue weighted by Crippen LogP contribution is -2.33. The number of aliphatic hydroxyl groups excluding tert-OH is 1. The molecule has 5 N–H and O–H groups in total. The van der Waals surface area contributed by atoms with Crippen molar-refractivity contribution in [2.75, 3.05) is 10.6 Å². The minimum Gasteiger partial charge on any atom is -0.393 e. The predicted octanol–water partition coefficient (Wildman–Crippen LogP) is 2.25. The maximum absolute atomic E-state index is 12.3. The molecule has 10 heteroatoms. The molecule has 0 aromatic carbocycles. The molecule has 0 spiro atoms. The van der Waals surface area contributed by atoms with Crippen molar-refractivity contribution in [2.24, 2.45) is 5.73 Å². The first kappa shape index (κ1) is 20.7. The second kappa shape index (κ2) is 9.42. The van der Waals surface area contributed by atoms with E-state index >= 15 is 0 Å². The number of nitrogens with one attached hydrogen (secondary N) is 2. The fraction of sp³-hybridized carbons (Fsp3) is 0.722. The van der Waals surface area contributed by atoms with Gasteiger partial charge in [-0.25, -0.2) is 4.98 Å². The molecular formula is C18H27F2N5O3. The van der Waals surface area contributed by atoms with Gasteiger partial charge in [-0.15, -0.1) is 0 Å². The van der Waals surface area contributed by atoms with E-state index in [2.05, 4.69) is 25.3 Å². The normalized spacial score (nSPS) is 28.1. The number of hydrogen-bond acceptors (Lipinski definition) is 7. The molecule has 8 nitrogen and oxygen atoms in total. The number of alkyl halides is 2. The second-order valence-electron chi connectivity index (χ2n) is 7.50. The lowest BCUT2D eigenvalue weighted by molar-refractivity contribution is -0.169. The van der Waals surface area contributed by atoms with Crippen molar-refractivity contribution in [1.29, 1.82) is 0 Å². The number of primary amides is 1. The van der Waals surface area contributed by atoms with Crippen LogP contribution in [0.1, 0.15) is 61.7 Å². The van der Waals surface area contributed by atoms with Crippen molar-refractivity contribution in [3.63, 3.8) is 0 Å². The summed E-state index contributed by atoms with van der Waals surface area (Å²) < 4.78 is 29.2. The van der Waals surface area contributed by atoms with E-state index in [0.717, 1.165) is 19.3 Å². The van der Waals surface area contributed by atoms with Crippen molar-refractivity contribution in [2.45, 2.75) is 82.3 Å². The number of aromatic nitrogens is 2. The molecule has 2 fully saturated rings. The van der Waals surface area contributed by atoms with Crippen molar-refractivity contribution >= 4 is 17.7 Å². The fourth-order valence-corrected chi connectivity index (χ4v) is 3.90. The molecule has 2 aliphatic carbocycles. The van der Waals surface area contributed by atoms with Crippen LogP contribution in [-0.2, 0) is 4.74 Å². The number of hydrogen-bond donors (Lipinski definition) is 4. The monoisotopic (exact) mass is 399 g/mol. The third-order valence-electron chi connectivity index (χ3n) is 5.34. The lowest BCUT2D eigenvalue weighted by atomic mass is 9.93. The van der Waals surface area contributed by atoms with Gasteiger partial charge >= 0.3 is 6.61 Å². The zero-order valence-electron chi connectivity index (χ0n) is 15.6. The molecule has 1 aromatic rings. The maximum Gasteiger partial charge on any atom is 0.345 e. The Kier molecular flexibility index (Phi) is 6.95. The average molecular weight is 399 g/mol. The molecule has 0 saturated heterocycles. The van der Waals surface area contributed by atoms with Gasteiger partial charge in [0.25, 0.3) is 5.91 Å². The summed E-state index contributed by atoms with van der Waals surface area (Å²) in [4.78, 5) is 20.3. The van der Waals surface area contributed by atoms with Crippen LogP contribution < -0.4 is 16.4 Å². The summed E-state index contributed by atoms with van der Waals surface area (Å²) in [5.41, 5.74) is 5.63. The zero-order chi connectivity index (χ0) is 20.1. The van der Waals surface area contributed by atoms with Gasteiger partial charge in [0.2, 0.25) is 5.95 Å². The van der Waals surface area contributed by atoms with Gasteiger partial charge in [-0.05, 0) is 51.4 Å². The Morgan fingerprint density at radius 2 is 1.93 bits per heavy atom. The molecule has 0 aliphatic heterocycles.